The van der Waals surface area contributed by atoms with Crippen LogP contribution in [0.1, 0.15) is 70.2 Å². The van der Waals surface area contributed by atoms with Crippen LogP contribution in [0.4, 0.5) is 11.4 Å². The molecule has 0 heterocycles. The van der Waals surface area contributed by atoms with Crippen LogP contribution in [0.25, 0.3) is 0 Å². The molecular formula is C25H34N2O3. The van der Waals surface area contributed by atoms with Crippen LogP contribution in [0.5, 0.6) is 5.75 Å². The lowest BCUT2D eigenvalue weighted by atomic mass is 9.95. The van der Waals surface area contributed by atoms with Crippen LogP contribution in [0, 0.1) is 5.41 Å². The zero-order valence-corrected chi connectivity index (χ0v) is 18.6. The van der Waals surface area contributed by atoms with Crippen molar-refractivity contribution >= 4 is 23.2 Å². The number of benzene rings is 2. The smallest absolute Gasteiger partial charge is 0.255 e. The van der Waals surface area contributed by atoms with Gasteiger partial charge in [-0.1, -0.05) is 59.4 Å². The summed E-state index contributed by atoms with van der Waals surface area (Å²) in [5.41, 5.74) is 1.34. The lowest BCUT2D eigenvalue weighted by Gasteiger charge is -2.18. The maximum atomic E-state index is 12.5. The summed E-state index contributed by atoms with van der Waals surface area (Å²) in [6, 6.07) is 14.3. The third kappa shape index (κ3) is 7.90. The molecule has 162 valence electrons. The van der Waals surface area contributed by atoms with E-state index >= 15 is 0 Å². The van der Waals surface area contributed by atoms with E-state index in [0.29, 0.717) is 23.5 Å². The fraction of sp³-hybridized carbons (Fsp3) is 0.440. The van der Waals surface area contributed by atoms with Crippen molar-refractivity contribution in [2.45, 2.75) is 59.8 Å². The number of nitrogens with one attached hydrogen (secondary N) is 2. The fourth-order valence-corrected chi connectivity index (χ4v) is 2.79. The Kier molecular flexibility index (Phi) is 8.90. The Morgan fingerprint density at radius 3 is 2.13 bits per heavy atom. The number of rotatable bonds is 10. The zero-order valence-electron chi connectivity index (χ0n) is 18.6. The third-order valence-electron chi connectivity index (χ3n) is 4.69. The molecule has 0 aliphatic carbocycles. The van der Waals surface area contributed by atoms with Gasteiger partial charge in [0.15, 0.2) is 0 Å². The number of unbranched alkanes of at least 4 members (excludes halogenated alkanes) is 4. The maximum absolute atomic E-state index is 12.5. The quantitative estimate of drug-likeness (QED) is 0.453. The maximum Gasteiger partial charge on any atom is 0.255 e. The lowest BCUT2D eigenvalue weighted by Crippen LogP contribution is -2.27. The van der Waals surface area contributed by atoms with E-state index in [9.17, 15) is 9.59 Å². The molecule has 2 N–H and O–H groups in total. The van der Waals surface area contributed by atoms with Crippen molar-refractivity contribution in [1.29, 1.82) is 0 Å². The zero-order chi connectivity index (χ0) is 22.0. The van der Waals surface area contributed by atoms with Crippen LogP contribution in [0.3, 0.4) is 0 Å². The molecule has 0 aliphatic heterocycles. The Morgan fingerprint density at radius 1 is 0.867 bits per heavy atom. The molecule has 5 heteroatoms. The third-order valence-corrected chi connectivity index (χ3v) is 4.69. The predicted molar refractivity (Wildman–Crippen MR) is 123 cm³/mol. The molecule has 0 bridgehead atoms. The van der Waals surface area contributed by atoms with Crippen molar-refractivity contribution in [2.75, 3.05) is 17.2 Å². The second-order valence-electron chi connectivity index (χ2n) is 8.53. The van der Waals surface area contributed by atoms with E-state index in [1.165, 1.54) is 25.7 Å². The number of carbonyl (C=O) groups is 2. The Hall–Kier alpha value is -2.82. The molecule has 2 aromatic rings. The number of anilines is 2. The van der Waals surface area contributed by atoms with E-state index in [-0.39, 0.29) is 11.8 Å². The van der Waals surface area contributed by atoms with Gasteiger partial charge in [0.2, 0.25) is 5.91 Å². The minimum Gasteiger partial charge on any atom is -0.494 e. The summed E-state index contributed by atoms with van der Waals surface area (Å²) in [6.07, 6.45) is 5.99. The van der Waals surface area contributed by atoms with Crippen LogP contribution in [-0.2, 0) is 4.79 Å². The molecule has 2 aromatic carbocycles. The van der Waals surface area contributed by atoms with E-state index in [4.69, 9.17) is 4.74 Å². The van der Waals surface area contributed by atoms with Gasteiger partial charge in [0.25, 0.3) is 5.91 Å². The molecule has 0 saturated heterocycles. The topological polar surface area (TPSA) is 67.4 Å². The van der Waals surface area contributed by atoms with Crippen LogP contribution in [-0.4, -0.2) is 18.4 Å². The van der Waals surface area contributed by atoms with Crippen molar-refractivity contribution < 1.29 is 14.3 Å². The Bertz CT molecular complexity index is 823. The number of hydrogen-bond acceptors (Lipinski definition) is 3. The standard InChI is InChI=1S/C25H34N2O3/c1-5-6-7-8-9-17-30-22-15-13-19(14-16-22)23(28)26-20-11-10-12-21(18-20)27-24(29)25(2,3)4/h10-16,18H,5-9,17H2,1-4H3,(H,26,28)(H,27,29). The van der Waals surface area contributed by atoms with Gasteiger partial charge in [-0.3, -0.25) is 9.59 Å². The first kappa shape index (κ1) is 23.5. The van der Waals surface area contributed by atoms with Gasteiger partial charge >= 0.3 is 0 Å². The van der Waals surface area contributed by atoms with E-state index in [1.54, 1.807) is 36.4 Å². The molecule has 30 heavy (non-hydrogen) atoms. The first-order valence-electron chi connectivity index (χ1n) is 10.8. The van der Waals surface area contributed by atoms with Gasteiger partial charge in [-0.25, -0.2) is 0 Å². The number of carbonyl (C=O) groups excluding carboxylic acids is 2. The van der Waals surface area contributed by atoms with E-state index in [1.807, 2.05) is 32.9 Å². The highest BCUT2D eigenvalue weighted by atomic mass is 16.5. The number of ether oxygens (including phenoxy) is 1. The lowest BCUT2D eigenvalue weighted by molar-refractivity contribution is -0.123. The summed E-state index contributed by atoms with van der Waals surface area (Å²) in [6.45, 7) is 8.47. The Morgan fingerprint density at radius 2 is 1.50 bits per heavy atom. The minimum absolute atomic E-state index is 0.0769. The summed E-state index contributed by atoms with van der Waals surface area (Å²) in [5, 5.41) is 5.74. The molecule has 0 spiro atoms. The SMILES string of the molecule is CCCCCCCOc1ccc(C(=O)Nc2cccc(NC(=O)C(C)(C)C)c2)cc1. The molecule has 0 atom stereocenters. The van der Waals surface area contributed by atoms with E-state index in [2.05, 4.69) is 17.6 Å². The van der Waals surface area contributed by atoms with E-state index in [0.717, 1.165) is 12.2 Å². The molecule has 2 rings (SSSR count). The molecule has 2 amide bonds. The second-order valence-corrected chi connectivity index (χ2v) is 8.53. The van der Waals surface area contributed by atoms with Crippen molar-refractivity contribution in [3.8, 4) is 5.75 Å². The van der Waals surface area contributed by atoms with Gasteiger partial charge in [0.1, 0.15) is 5.75 Å². The van der Waals surface area contributed by atoms with Crippen LogP contribution in [0.15, 0.2) is 48.5 Å². The number of hydrogen-bond donors (Lipinski definition) is 2. The molecule has 0 aromatic heterocycles. The van der Waals surface area contributed by atoms with E-state index < -0.39 is 5.41 Å². The van der Waals surface area contributed by atoms with Crippen molar-refractivity contribution in [3.63, 3.8) is 0 Å². The van der Waals surface area contributed by atoms with Crippen LogP contribution in [0.2, 0.25) is 0 Å². The van der Waals surface area contributed by atoms with Gasteiger partial charge < -0.3 is 15.4 Å². The summed E-state index contributed by atoms with van der Waals surface area (Å²) < 4.78 is 5.75. The molecule has 0 radical (unpaired) electrons. The van der Waals surface area contributed by atoms with Gasteiger partial charge in [-0.05, 0) is 48.9 Å². The molecule has 5 nitrogen and oxygen atoms in total. The summed E-state index contributed by atoms with van der Waals surface area (Å²) in [5.74, 6) is 0.487. The van der Waals surface area contributed by atoms with Gasteiger partial charge in [-0.2, -0.15) is 0 Å². The van der Waals surface area contributed by atoms with Crippen LogP contribution < -0.4 is 15.4 Å². The summed E-state index contributed by atoms with van der Waals surface area (Å²) in [4.78, 5) is 24.7. The fourth-order valence-electron chi connectivity index (χ4n) is 2.79. The predicted octanol–water partition coefficient (Wildman–Crippen LogP) is 6.27. The largest absolute Gasteiger partial charge is 0.494 e. The molecule has 0 saturated carbocycles. The average molecular weight is 411 g/mol. The first-order chi connectivity index (χ1) is 14.3. The molecule has 0 unspecified atom stereocenters. The Labute approximate surface area is 180 Å². The highest BCUT2D eigenvalue weighted by molar-refractivity contribution is 6.04. The summed E-state index contributed by atoms with van der Waals surface area (Å²) in [7, 11) is 0. The van der Waals surface area contributed by atoms with Crippen molar-refractivity contribution in [2.24, 2.45) is 5.41 Å². The van der Waals surface area contributed by atoms with Crippen molar-refractivity contribution in [1.82, 2.24) is 0 Å². The number of amides is 2. The normalized spacial score (nSPS) is 11.1. The van der Waals surface area contributed by atoms with Crippen molar-refractivity contribution in [3.05, 3.63) is 54.1 Å². The van der Waals surface area contributed by atoms with Gasteiger partial charge in [0, 0.05) is 22.4 Å². The first-order valence-corrected chi connectivity index (χ1v) is 10.8. The highest BCUT2D eigenvalue weighted by Crippen LogP contribution is 2.21. The molecule has 0 fully saturated rings. The average Bonchev–Trinajstić information content (AvgIpc) is 2.70. The monoisotopic (exact) mass is 410 g/mol. The van der Waals surface area contributed by atoms with Gasteiger partial charge in [-0.15, -0.1) is 0 Å². The molecular weight excluding hydrogens is 376 g/mol. The Balaban J connectivity index is 1.87. The van der Waals surface area contributed by atoms with Gasteiger partial charge in [0.05, 0.1) is 6.61 Å². The summed E-state index contributed by atoms with van der Waals surface area (Å²) >= 11 is 0. The minimum atomic E-state index is -0.488. The second kappa shape index (κ2) is 11.4. The molecule has 0 aliphatic rings. The van der Waals surface area contributed by atoms with Crippen LogP contribution >= 0.6 is 0 Å². The highest BCUT2D eigenvalue weighted by Gasteiger charge is 2.21.